The summed E-state index contributed by atoms with van der Waals surface area (Å²) in [6, 6.07) is 0.671. The van der Waals surface area contributed by atoms with Gasteiger partial charge in [0.2, 0.25) is 0 Å². The molecule has 1 atom stereocenters. The first-order valence-corrected chi connectivity index (χ1v) is 5.69. The molecule has 2 rings (SSSR count). The maximum atomic E-state index is 11.7. The fourth-order valence-electron chi connectivity index (χ4n) is 2.17. The number of rotatable bonds is 2. The summed E-state index contributed by atoms with van der Waals surface area (Å²) in [4.78, 5) is 20.8. The molecule has 0 aromatic carbocycles. The van der Waals surface area contributed by atoms with Gasteiger partial charge in [-0.3, -0.25) is 4.79 Å². The summed E-state index contributed by atoms with van der Waals surface area (Å²) in [7, 11) is 0. The average molecular weight is 219 g/mol. The maximum Gasteiger partial charge on any atom is 0.260 e. The molecule has 0 saturated heterocycles. The van der Waals surface area contributed by atoms with Crippen molar-refractivity contribution in [3.8, 4) is 0 Å². The molecule has 1 aliphatic heterocycles. The zero-order valence-electron chi connectivity index (χ0n) is 9.90. The molecule has 1 aliphatic rings. The van der Waals surface area contributed by atoms with Crippen molar-refractivity contribution in [2.45, 2.75) is 39.3 Å². The van der Waals surface area contributed by atoms with Crippen LogP contribution in [0.4, 0.5) is 5.82 Å². The van der Waals surface area contributed by atoms with Crippen LogP contribution in [0.3, 0.4) is 0 Å². The molecule has 4 nitrogen and oxygen atoms in total. The third-order valence-electron chi connectivity index (χ3n) is 2.93. The van der Waals surface area contributed by atoms with Crippen molar-refractivity contribution in [3.05, 3.63) is 28.3 Å². The highest BCUT2D eigenvalue weighted by atomic mass is 16.1. The maximum absolute atomic E-state index is 11.7. The third kappa shape index (κ3) is 1.64. The average Bonchev–Trinajstić information content (AvgIpc) is 2.27. The van der Waals surface area contributed by atoms with Gasteiger partial charge in [0.15, 0.2) is 0 Å². The lowest BCUT2D eigenvalue weighted by molar-refractivity contribution is 0.586. The number of H-pyrrole nitrogens is 1. The van der Waals surface area contributed by atoms with Crippen LogP contribution in [0, 0.1) is 0 Å². The number of hydrogen-bond donors (Lipinski definition) is 1. The molecule has 86 valence electrons. The van der Waals surface area contributed by atoms with Gasteiger partial charge in [0.1, 0.15) is 5.82 Å². The molecule has 1 unspecified atom stereocenters. The van der Waals surface area contributed by atoms with Crippen molar-refractivity contribution in [2.75, 3.05) is 4.90 Å². The highest BCUT2D eigenvalue weighted by Crippen LogP contribution is 2.27. The molecule has 2 heterocycles. The standard InChI is InChI=1S/C12H17N3O/c1-4-9-5-6-10-11(15(9)8(2)3)13-7-14-12(10)16/h5-9H,4H2,1-3H3,(H,13,14,16). The van der Waals surface area contributed by atoms with E-state index in [0.717, 1.165) is 12.2 Å². The minimum Gasteiger partial charge on any atom is -0.347 e. The molecule has 0 aliphatic carbocycles. The number of aromatic amines is 1. The Morgan fingerprint density at radius 2 is 2.31 bits per heavy atom. The van der Waals surface area contributed by atoms with Crippen molar-refractivity contribution in [1.82, 2.24) is 9.97 Å². The molecule has 16 heavy (non-hydrogen) atoms. The largest absolute Gasteiger partial charge is 0.347 e. The Balaban J connectivity index is 2.56. The number of hydrogen-bond acceptors (Lipinski definition) is 3. The van der Waals surface area contributed by atoms with E-state index in [2.05, 4.69) is 41.7 Å². The minimum absolute atomic E-state index is 0.0681. The summed E-state index contributed by atoms with van der Waals surface area (Å²) in [5, 5.41) is 0. The molecule has 0 amide bonds. The highest BCUT2D eigenvalue weighted by molar-refractivity contribution is 5.68. The third-order valence-corrected chi connectivity index (χ3v) is 2.93. The zero-order chi connectivity index (χ0) is 11.7. The van der Waals surface area contributed by atoms with E-state index >= 15 is 0 Å². The predicted octanol–water partition coefficient (Wildman–Crippen LogP) is 1.79. The molecular weight excluding hydrogens is 202 g/mol. The van der Waals surface area contributed by atoms with Gasteiger partial charge in [-0.1, -0.05) is 13.0 Å². The molecular formula is C12H17N3O. The molecule has 0 fully saturated rings. The fourth-order valence-corrected chi connectivity index (χ4v) is 2.17. The smallest absolute Gasteiger partial charge is 0.260 e. The van der Waals surface area contributed by atoms with Gasteiger partial charge in [-0.2, -0.15) is 0 Å². The monoisotopic (exact) mass is 219 g/mol. The summed E-state index contributed by atoms with van der Waals surface area (Å²) >= 11 is 0. The normalized spacial score (nSPS) is 19.0. The van der Waals surface area contributed by atoms with E-state index in [1.165, 1.54) is 6.33 Å². The fraction of sp³-hybridized carbons (Fsp3) is 0.500. The first kappa shape index (κ1) is 10.9. The van der Waals surface area contributed by atoms with Crippen LogP contribution in [0.1, 0.15) is 32.8 Å². The van der Waals surface area contributed by atoms with Gasteiger partial charge in [-0.05, 0) is 26.3 Å². The molecule has 4 heteroatoms. The predicted molar refractivity (Wildman–Crippen MR) is 65.6 cm³/mol. The second-order valence-electron chi connectivity index (χ2n) is 4.30. The quantitative estimate of drug-likeness (QED) is 0.825. The minimum atomic E-state index is -0.0681. The highest BCUT2D eigenvalue weighted by Gasteiger charge is 2.25. The Kier molecular flexibility index (Phi) is 2.81. The van der Waals surface area contributed by atoms with Crippen molar-refractivity contribution in [1.29, 1.82) is 0 Å². The van der Waals surface area contributed by atoms with E-state index in [-0.39, 0.29) is 5.56 Å². The lowest BCUT2D eigenvalue weighted by Gasteiger charge is -2.36. The Hall–Kier alpha value is -1.58. The molecule has 0 radical (unpaired) electrons. The topological polar surface area (TPSA) is 49.0 Å². The van der Waals surface area contributed by atoms with Crippen LogP contribution in [0.2, 0.25) is 0 Å². The van der Waals surface area contributed by atoms with Gasteiger partial charge >= 0.3 is 0 Å². The van der Waals surface area contributed by atoms with E-state index in [4.69, 9.17) is 0 Å². The van der Waals surface area contributed by atoms with Crippen LogP contribution in [0.5, 0.6) is 0 Å². The van der Waals surface area contributed by atoms with Crippen molar-refractivity contribution in [3.63, 3.8) is 0 Å². The molecule has 0 saturated carbocycles. The number of nitrogens with one attached hydrogen (secondary N) is 1. The lowest BCUT2D eigenvalue weighted by atomic mass is 10.0. The van der Waals surface area contributed by atoms with Crippen LogP contribution in [0.15, 0.2) is 17.2 Å². The van der Waals surface area contributed by atoms with Crippen LogP contribution < -0.4 is 10.5 Å². The van der Waals surface area contributed by atoms with Gasteiger partial charge < -0.3 is 9.88 Å². The van der Waals surface area contributed by atoms with Gasteiger partial charge in [-0.25, -0.2) is 4.98 Å². The van der Waals surface area contributed by atoms with E-state index < -0.39 is 0 Å². The van der Waals surface area contributed by atoms with E-state index in [0.29, 0.717) is 17.6 Å². The van der Waals surface area contributed by atoms with Crippen LogP contribution >= 0.6 is 0 Å². The Labute approximate surface area is 95.0 Å². The van der Waals surface area contributed by atoms with E-state index in [1.54, 1.807) is 0 Å². The summed E-state index contributed by atoms with van der Waals surface area (Å²) in [6.45, 7) is 6.38. The van der Waals surface area contributed by atoms with Crippen molar-refractivity contribution in [2.24, 2.45) is 0 Å². The summed E-state index contributed by atoms with van der Waals surface area (Å²) in [6.07, 6.45) is 6.46. The summed E-state index contributed by atoms with van der Waals surface area (Å²) < 4.78 is 0. The van der Waals surface area contributed by atoms with Crippen LogP contribution in [-0.4, -0.2) is 22.1 Å². The Morgan fingerprint density at radius 1 is 1.56 bits per heavy atom. The van der Waals surface area contributed by atoms with Gasteiger partial charge in [0.05, 0.1) is 11.9 Å². The molecule has 0 spiro atoms. The van der Waals surface area contributed by atoms with Gasteiger partial charge in [0, 0.05) is 12.1 Å². The molecule has 1 N–H and O–H groups in total. The summed E-state index contributed by atoms with van der Waals surface area (Å²) in [5.74, 6) is 0.799. The van der Waals surface area contributed by atoms with E-state index in [1.807, 2.05) is 6.08 Å². The summed E-state index contributed by atoms with van der Waals surface area (Å²) in [5.41, 5.74) is 0.599. The molecule has 1 aromatic rings. The Morgan fingerprint density at radius 3 is 2.94 bits per heavy atom. The molecule has 1 aromatic heterocycles. The molecule has 0 bridgehead atoms. The van der Waals surface area contributed by atoms with Gasteiger partial charge in [0.25, 0.3) is 5.56 Å². The van der Waals surface area contributed by atoms with E-state index in [9.17, 15) is 4.79 Å². The van der Waals surface area contributed by atoms with Crippen molar-refractivity contribution < 1.29 is 0 Å². The number of nitrogens with zero attached hydrogens (tertiary/aromatic N) is 2. The number of aromatic nitrogens is 2. The second kappa shape index (κ2) is 4.12. The Bertz CT molecular complexity index is 462. The number of fused-ring (bicyclic) bond motifs is 1. The lowest BCUT2D eigenvalue weighted by Crippen LogP contribution is -2.42. The van der Waals surface area contributed by atoms with Gasteiger partial charge in [-0.15, -0.1) is 0 Å². The first-order chi connectivity index (χ1) is 7.65. The second-order valence-corrected chi connectivity index (χ2v) is 4.30. The van der Waals surface area contributed by atoms with Crippen LogP contribution in [0.25, 0.3) is 6.08 Å². The van der Waals surface area contributed by atoms with Crippen LogP contribution in [-0.2, 0) is 0 Å². The number of anilines is 1. The SMILES string of the molecule is CCC1C=Cc2c(nc[nH]c2=O)N1C(C)C. The zero-order valence-corrected chi connectivity index (χ0v) is 9.90. The first-order valence-electron chi connectivity index (χ1n) is 5.69. The van der Waals surface area contributed by atoms with Crippen molar-refractivity contribution >= 4 is 11.9 Å².